The van der Waals surface area contributed by atoms with E-state index in [9.17, 15) is 4.79 Å². The number of thiophene rings is 1. The number of hydrogen-bond donors (Lipinski definition) is 0. The average molecular weight is 339 g/mol. The Morgan fingerprint density at radius 2 is 2.17 bits per heavy atom. The lowest BCUT2D eigenvalue weighted by atomic mass is 10.1. The molecule has 0 saturated carbocycles. The van der Waals surface area contributed by atoms with Crippen molar-refractivity contribution in [2.24, 2.45) is 0 Å². The number of benzene rings is 1. The Bertz CT molecular complexity index is 952. The number of aromatic nitrogens is 2. The number of nitrogens with zero attached hydrogens (tertiary/aromatic N) is 3. The third kappa shape index (κ3) is 2.93. The highest BCUT2D eigenvalue weighted by Crippen LogP contribution is 2.31. The van der Waals surface area contributed by atoms with Gasteiger partial charge in [-0.1, -0.05) is 48.2 Å². The van der Waals surface area contributed by atoms with E-state index in [0.29, 0.717) is 21.9 Å². The van der Waals surface area contributed by atoms with E-state index in [0.717, 1.165) is 11.1 Å². The summed E-state index contributed by atoms with van der Waals surface area (Å²) in [5.41, 5.74) is 1.81. The van der Waals surface area contributed by atoms with Crippen LogP contribution in [0.1, 0.15) is 0 Å². The molecule has 0 bridgehead atoms. The maximum atomic E-state index is 12.9. The number of rotatable bonds is 5. The van der Waals surface area contributed by atoms with Crippen LogP contribution in [0.2, 0.25) is 0 Å². The summed E-state index contributed by atoms with van der Waals surface area (Å²) in [6, 6.07) is 11.9. The second kappa shape index (κ2) is 6.82. The highest BCUT2D eigenvalue weighted by Gasteiger charge is 2.16. The van der Waals surface area contributed by atoms with Gasteiger partial charge in [-0.05, 0) is 5.56 Å². The quantitative estimate of drug-likeness (QED) is 0.401. The minimum Gasteiger partial charge on any atom is -0.283 e. The molecule has 2 aromatic heterocycles. The molecule has 0 amide bonds. The molecule has 0 aliphatic rings. The van der Waals surface area contributed by atoms with Crippen molar-refractivity contribution in [3.8, 4) is 17.2 Å². The monoisotopic (exact) mass is 339 g/mol. The van der Waals surface area contributed by atoms with Gasteiger partial charge in [0.05, 0.1) is 17.2 Å². The molecule has 0 aliphatic heterocycles. The van der Waals surface area contributed by atoms with Gasteiger partial charge in [0.15, 0.2) is 5.16 Å². The van der Waals surface area contributed by atoms with Crippen LogP contribution in [0.4, 0.5) is 0 Å². The van der Waals surface area contributed by atoms with Gasteiger partial charge in [-0.15, -0.1) is 17.9 Å². The minimum absolute atomic E-state index is 0.0876. The zero-order valence-corrected chi connectivity index (χ0v) is 13.9. The van der Waals surface area contributed by atoms with Crippen molar-refractivity contribution in [1.29, 1.82) is 5.26 Å². The predicted octanol–water partition coefficient (Wildman–Crippen LogP) is 3.93. The van der Waals surface area contributed by atoms with Crippen molar-refractivity contribution in [3.63, 3.8) is 0 Å². The molecule has 6 heteroatoms. The Morgan fingerprint density at radius 1 is 1.39 bits per heavy atom. The lowest BCUT2D eigenvalue weighted by Crippen LogP contribution is -2.22. The molecule has 0 aliphatic carbocycles. The number of nitriles is 1. The smallest absolute Gasteiger partial charge is 0.263 e. The van der Waals surface area contributed by atoms with Crippen LogP contribution in [0, 0.1) is 11.3 Å². The standard InChI is InChI=1S/C17H13N3OS2/c1-2-9-20-16(21)14-13(12-6-4-3-5-7-12)11-23-15(14)19-17(20)22-10-8-18/h2-7,11H,1,9-10H2. The van der Waals surface area contributed by atoms with Crippen LogP contribution < -0.4 is 5.56 Å². The molecule has 3 aromatic rings. The van der Waals surface area contributed by atoms with E-state index in [2.05, 4.69) is 17.6 Å². The van der Waals surface area contributed by atoms with Crippen molar-refractivity contribution in [2.75, 3.05) is 5.75 Å². The molecule has 0 unspecified atom stereocenters. The summed E-state index contributed by atoms with van der Waals surface area (Å²) in [4.78, 5) is 18.2. The van der Waals surface area contributed by atoms with Gasteiger partial charge in [0.1, 0.15) is 4.83 Å². The first-order valence-corrected chi connectivity index (χ1v) is 8.81. The minimum atomic E-state index is -0.0876. The van der Waals surface area contributed by atoms with Crippen LogP contribution in [0.3, 0.4) is 0 Å². The maximum Gasteiger partial charge on any atom is 0.263 e. The fraction of sp³-hybridized carbons (Fsp3) is 0.118. The molecule has 4 nitrogen and oxygen atoms in total. The van der Waals surface area contributed by atoms with E-state index in [1.54, 1.807) is 10.6 Å². The fourth-order valence-corrected chi connectivity index (χ4v) is 3.99. The average Bonchev–Trinajstić information content (AvgIpc) is 3.01. The van der Waals surface area contributed by atoms with E-state index in [1.165, 1.54) is 23.1 Å². The predicted molar refractivity (Wildman–Crippen MR) is 95.9 cm³/mol. The van der Waals surface area contributed by atoms with Crippen molar-refractivity contribution < 1.29 is 0 Å². The first-order valence-electron chi connectivity index (χ1n) is 6.94. The van der Waals surface area contributed by atoms with E-state index in [4.69, 9.17) is 5.26 Å². The first kappa shape index (κ1) is 15.5. The second-order valence-corrected chi connectivity index (χ2v) is 6.54. The van der Waals surface area contributed by atoms with Crippen molar-refractivity contribution in [2.45, 2.75) is 11.7 Å². The maximum absolute atomic E-state index is 12.9. The number of thioether (sulfide) groups is 1. The van der Waals surface area contributed by atoms with Crippen molar-refractivity contribution >= 4 is 33.3 Å². The van der Waals surface area contributed by atoms with Crippen LogP contribution in [0.25, 0.3) is 21.3 Å². The molecule has 0 fully saturated rings. The Labute approximate surface area is 141 Å². The summed E-state index contributed by atoms with van der Waals surface area (Å²) >= 11 is 2.72. The Hall–Kier alpha value is -2.36. The van der Waals surface area contributed by atoms with Gasteiger partial charge >= 0.3 is 0 Å². The molecule has 1 aromatic carbocycles. The highest BCUT2D eigenvalue weighted by molar-refractivity contribution is 7.99. The number of allylic oxidation sites excluding steroid dienone is 1. The summed E-state index contributed by atoms with van der Waals surface area (Å²) < 4.78 is 1.58. The molecule has 0 spiro atoms. The van der Waals surface area contributed by atoms with Gasteiger partial charge in [0.2, 0.25) is 0 Å². The van der Waals surface area contributed by atoms with E-state index >= 15 is 0 Å². The van der Waals surface area contributed by atoms with Crippen LogP contribution in [0.5, 0.6) is 0 Å². The largest absolute Gasteiger partial charge is 0.283 e. The molecule has 2 heterocycles. The Morgan fingerprint density at radius 3 is 2.87 bits per heavy atom. The fourth-order valence-electron chi connectivity index (χ4n) is 2.33. The number of hydrogen-bond acceptors (Lipinski definition) is 5. The van der Waals surface area contributed by atoms with Crippen LogP contribution in [0.15, 0.2) is 58.3 Å². The lowest BCUT2D eigenvalue weighted by molar-refractivity contribution is 0.673. The molecule has 0 radical (unpaired) electrons. The normalized spacial score (nSPS) is 10.6. The summed E-state index contributed by atoms with van der Waals surface area (Å²) in [6.07, 6.45) is 1.67. The number of fused-ring (bicyclic) bond motifs is 1. The molecular weight excluding hydrogens is 326 g/mol. The highest BCUT2D eigenvalue weighted by atomic mass is 32.2. The van der Waals surface area contributed by atoms with E-state index in [1.807, 2.05) is 35.7 Å². The molecule has 0 atom stereocenters. The lowest BCUT2D eigenvalue weighted by Gasteiger charge is -2.09. The Balaban J connectivity index is 2.25. The molecule has 23 heavy (non-hydrogen) atoms. The van der Waals surface area contributed by atoms with Crippen LogP contribution in [-0.4, -0.2) is 15.3 Å². The van der Waals surface area contributed by atoms with Crippen LogP contribution in [-0.2, 0) is 6.54 Å². The molecular formula is C17H13N3OS2. The first-order chi connectivity index (χ1) is 11.3. The molecule has 0 saturated heterocycles. The topological polar surface area (TPSA) is 58.7 Å². The van der Waals surface area contributed by atoms with Crippen molar-refractivity contribution in [3.05, 3.63) is 58.7 Å². The van der Waals surface area contributed by atoms with Gasteiger partial charge in [0.25, 0.3) is 5.56 Å². The van der Waals surface area contributed by atoms with Crippen molar-refractivity contribution in [1.82, 2.24) is 9.55 Å². The molecule has 0 N–H and O–H groups in total. The Kier molecular flexibility index (Phi) is 4.60. The van der Waals surface area contributed by atoms with E-state index in [-0.39, 0.29) is 11.3 Å². The molecule has 3 rings (SSSR count). The summed E-state index contributed by atoms with van der Waals surface area (Å²) in [6.45, 7) is 4.08. The van der Waals surface area contributed by atoms with Gasteiger partial charge < -0.3 is 0 Å². The van der Waals surface area contributed by atoms with Gasteiger partial charge in [0, 0.05) is 17.5 Å². The van der Waals surface area contributed by atoms with Gasteiger partial charge in [-0.2, -0.15) is 5.26 Å². The van der Waals surface area contributed by atoms with Gasteiger partial charge in [-0.3, -0.25) is 9.36 Å². The van der Waals surface area contributed by atoms with Crippen LogP contribution >= 0.6 is 23.1 Å². The summed E-state index contributed by atoms with van der Waals surface area (Å²) in [5, 5.41) is 11.9. The van der Waals surface area contributed by atoms with Gasteiger partial charge in [-0.25, -0.2) is 4.98 Å². The second-order valence-electron chi connectivity index (χ2n) is 4.74. The third-order valence-electron chi connectivity index (χ3n) is 3.32. The molecule has 114 valence electrons. The summed E-state index contributed by atoms with van der Waals surface area (Å²) in [7, 11) is 0. The zero-order chi connectivity index (χ0) is 16.2. The zero-order valence-electron chi connectivity index (χ0n) is 12.2. The third-order valence-corrected chi connectivity index (χ3v) is 5.04. The SMILES string of the molecule is C=CCn1c(SCC#N)nc2scc(-c3ccccc3)c2c1=O. The summed E-state index contributed by atoms with van der Waals surface area (Å²) in [5.74, 6) is 0.256. The van der Waals surface area contributed by atoms with E-state index < -0.39 is 0 Å².